The Morgan fingerprint density at radius 1 is 1.26 bits per heavy atom. The Labute approximate surface area is 158 Å². The summed E-state index contributed by atoms with van der Waals surface area (Å²) in [6.07, 6.45) is 5.31. The molecule has 0 amide bonds. The van der Waals surface area contributed by atoms with Crippen LogP contribution in [-0.4, -0.2) is 51.7 Å². The molecule has 1 saturated heterocycles. The van der Waals surface area contributed by atoms with Crippen LogP contribution >= 0.6 is 0 Å². The second-order valence-corrected chi connectivity index (χ2v) is 7.17. The van der Waals surface area contributed by atoms with Crippen LogP contribution in [0.4, 0.5) is 11.5 Å². The van der Waals surface area contributed by atoms with Crippen LogP contribution in [0.1, 0.15) is 19.8 Å². The molecule has 1 fully saturated rings. The lowest BCUT2D eigenvalue weighted by Gasteiger charge is -2.36. The average Bonchev–Trinajstić information content (AvgIpc) is 3.26. The van der Waals surface area contributed by atoms with Gasteiger partial charge in [-0.25, -0.2) is 9.50 Å². The van der Waals surface area contributed by atoms with E-state index in [0.29, 0.717) is 0 Å². The van der Waals surface area contributed by atoms with Crippen molar-refractivity contribution in [2.24, 2.45) is 0 Å². The van der Waals surface area contributed by atoms with Crippen LogP contribution in [0, 0.1) is 0 Å². The van der Waals surface area contributed by atoms with Crippen molar-refractivity contribution >= 4 is 17.0 Å². The molecule has 7 heteroatoms. The summed E-state index contributed by atoms with van der Waals surface area (Å²) in [5.41, 5.74) is 3.91. The van der Waals surface area contributed by atoms with Gasteiger partial charge in [-0.2, -0.15) is 5.10 Å². The summed E-state index contributed by atoms with van der Waals surface area (Å²) in [6, 6.07) is 10.4. The Balaban J connectivity index is 1.61. The number of anilines is 2. The Morgan fingerprint density at radius 2 is 2.19 bits per heavy atom. The van der Waals surface area contributed by atoms with Gasteiger partial charge in [-0.3, -0.25) is 0 Å². The van der Waals surface area contributed by atoms with E-state index in [1.807, 2.05) is 46.1 Å². The summed E-state index contributed by atoms with van der Waals surface area (Å²) in [5.74, 6) is 0.867. The van der Waals surface area contributed by atoms with Crippen molar-refractivity contribution in [2.45, 2.75) is 32.2 Å². The molecule has 0 radical (unpaired) electrons. The molecule has 0 aromatic carbocycles. The Morgan fingerprint density at radius 3 is 3.00 bits per heavy atom. The van der Waals surface area contributed by atoms with Crippen molar-refractivity contribution in [1.82, 2.24) is 19.9 Å². The van der Waals surface area contributed by atoms with Gasteiger partial charge in [-0.15, -0.1) is 0 Å². The fourth-order valence-electron chi connectivity index (χ4n) is 4.29. The predicted molar refractivity (Wildman–Crippen MR) is 106 cm³/mol. The molecule has 1 unspecified atom stereocenters. The molecule has 140 valence electrons. The number of piperidine rings is 1. The summed E-state index contributed by atoms with van der Waals surface area (Å²) < 4.78 is 1.86. The van der Waals surface area contributed by atoms with Crippen molar-refractivity contribution in [3.8, 4) is 11.3 Å². The lowest BCUT2D eigenvalue weighted by atomic mass is 10.1. The Bertz CT molecular complexity index is 962. The minimum Gasteiger partial charge on any atom is -0.356 e. The van der Waals surface area contributed by atoms with E-state index in [1.54, 1.807) is 0 Å². The maximum atomic E-state index is 11.0. The molecule has 0 bridgehead atoms. The topological polar surface area (TPSA) is 68.9 Å². The Kier molecular flexibility index (Phi) is 3.98. The predicted octanol–water partition coefficient (Wildman–Crippen LogP) is 2.07. The maximum absolute atomic E-state index is 11.0. The number of pyridine rings is 2. The van der Waals surface area contributed by atoms with E-state index in [9.17, 15) is 5.11 Å². The highest BCUT2D eigenvalue weighted by atomic mass is 16.3. The molecular formula is C20H24N6O. The van der Waals surface area contributed by atoms with Gasteiger partial charge in [0.25, 0.3) is 0 Å². The first-order chi connectivity index (χ1) is 13.3. The van der Waals surface area contributed by atoms with Crippen LogP contribution < -0.4 is 15.1 Å². The standard InChI is InChI=1S/C20H24N6O/c1-2-24-18-9-8-16(15-13-22-25-11-4-3-7-17(15)25)23-19(18)26(20(24)27)14-6-5-10-21-12-14/h3-4,7-9,11,13-14,20-21,27H,2,5-6,10,12H2,1H3/t14?,20-/m0/s1. The first kappa shape index (κ1) is 16.5. The second kappa shape index (κ2) is 6.51. The number of nitrogens with one attached hydrogen (secondary N) is 1. The summed E-state index contributed by atoms with van der Waals surface area (Å²) in [6.45, 7) is 4.72. The molecule has 2 atom stereocenters. The van der Waals surface area contributed by atoms with E-state index in [-0.39, 0.29) is 6.04 Å². The fourth-order valence-corrected chi connectivity index (χ4v) is 4.29. The molecule has 0 spiro atoms. The molecule has 2 N–H and O–H groups in total. The van der Waals surface area contributed by atoms with E-state index < -0.39 is 6.35 Å². The van der Waals surface area contributed by atoms with Crippen molar-refractivity contribution in [1.29, 1.82) is 0 Å². The van der Waals surface area contributed by atoms with Gasteiger partial charge in [0.2, 0.25) is 6.35 Å². The number of fused-ring (bicyclic) bond motifs is 2. The average molecular weight is 364 g/mol. The molecule has 2 aliphatic rings. The number of hydrogen-bond acceptors (Lipinski definition) is 6. The van der Waals surface area contributed by atoms with E-state index in [0.717, 1.165) is 60.8 Å². The van der Waals surface area contributed by atoms with E-state index in [4.69, 9.17) is 4.98 Å². The summed E-state index contributed by atoms with van der Waals surface area (Å²) in [7, 11) is 0. The zero-order valence-corrected chi connectivity index (χ0v) is 15.4. The third kappa shape index (κ3) is 2.57. The molecule has 2 aliphatic heterocycles. The largest absolute Gasteiger partial charge is 0.356 e. The lowest BCUT2D eigenvalue weighted by Crippen LogP contribution is -2.53. The second-order valence-electron chi connectivity index (χ2n) is 7.17. The van der Waals surface area contributed by atoms with Crippen LogP contribution in [0.2, 0.25) is 0 Å². The zero-order chi connectivity index (χ0) is 18.4. The third-order valence-electron chi connectivity index (χ3n) is 5.64. The Hall–Kier alpha value is -2.64. The van der Waals surface area contributed by atoms with Gasteiger partial charge >= 0.3 is 0 Å². The molecule has 3 aromatic heterocycles. The SMILES string of the molecule is CCN1c2ccc(-c3cnn4ccccc34)nc2N(C2CCCNC2)[C@H]1O. The molecule has 5 rings (SSSR count). The number of nitrogens with zero attached hydrogens (tertiary/aromatic N) is 5. The van der Waals surface area contributed by atoms with Crippen LogP contribution in [0.15, 0.2) is 42.7 Å². The number of aliphatic hydroxyl groups is 1. The van der Waals surface area contributed by atoms with E-state index >= 15 is 0 Å². The first-order valence-electron chi connectivity index (χ1n) is 9.65. The van der Waals surface area contributed by atoms with Gasteiger partial charge in [-0.1, -0.05) is 6.07 Å². The van der Waals surface area contributed by atoms with Crippen LogP contribution in [0.25, 0.3) is 16.8 Å². The number of rotatable bonds is 3. The summed E-state index contributed by atoms with van der Waals surface area (Å²) >= 11 is 0. The normalized spacial score (nSPS) is 22.4. The molecule has 0 aliphatic carbocycles. The summed E-state index contributed by atoms with van der Waals surface area (Å²) in [4.78, 5) is 9.09. The minimum absolute atomic E-state index is 0.246. The van der Waals surface area contributed by atoms with Gasteiger partial charge in [0, 0.05) is 30.9 Å². The van der Waals surface area contributed by atoms with Crippen LogP contribution in [0.3, 0.4) is 0 Å². The van der Waals surface area contributed by atoms with Crippen molar-refractivity contribution in [3.05, 3.63) is 42.7 Å². The van der Waals surface area contributed by atoms with Crippen LogP contribution in [0.5, 0.6) is 0 Å². The van der Waals surface area contributed by atoms with Gasteiger partial charge in [0.05, 0.1) is 23.1 Å². The minimum atomic E-state index is -0.665. The number of hydrogen-bond donors (Lipinski definition) is 2. The molecule has 7 nitrogen and oxygen atoms in total. The maximum Gasteiger partial charge on any atom is 0.209 e. The van der Waals surface area contributed by atoms with Crippen molar-refractivity contribution < 1.29 is 5.11 Å². The highest BCUT2D eigenvalue weighted by Gasteiger charge is 2.39. The zero-order valence-electron chi connectivity index (χ0n) is 15.4. The van der Waals surface area contributed by atoms with Gasteiger partial charge in [0.15, 0.2) is 5.82 Å². The highest BCUT2D eigenvalue weighted by molar-refractivity contribution is 5.82. The highest BCUT2D eigenvalue weighted by Crippen LogP contribution is 2.41. The molecule has 3 aromatic rings. The van der Waals surface area contributed by atoms with Gasteiger partial charge in [-0.05, 0) is 50.6 Å². The van der Waals surface area contributed by atoms with Crippen molar-refractivity contribution in [2.75, 3.05) is 29.4 Å². The third-order valence-corrected chi connectivity index (χ3v) is 5.64. The molecule has 27 heavy (non-hydrogen) atoms. The number of aliphatic hydroxyl groups excluding tert-OH is 1. The molecule has 5 heterocycles. The van der Waals surface area contributed by atoms with Gasteiger partial charge < -0.3 is 20.2 Å². The monoisotopic (exact) mass is 364 g/mol. The molecular weight excluding hydrogens is 340 g/mol. The van der Waals surface area contributed by atoms with Crippen molar-refractivity contribution in [3.63, 3.8) is 0 Å². The first-order valence-corrected chi connectivity index (χ1v) is 9.65. The quantitative estimate of drug-likeness (QED) is 0.742. The van der Waals surface area contributed by atoms with E-state index in [2.05, 4.69) is 28.3 Å². The van der Waals surface area contributed by atoms with Gasteiger partial charge in [0.1, 0.15) is 0 Å². The van der Waals surface area contributed by atoms with E-state index in [1.165, 1.54) is 0 Å². The molecule has 0 saturated carbocycles. The summed E-state index contributed by atoms with van der Waals surface area (Å²) in [5, 5.41) is 18.9. The fraction of sp³-hybridized carbons (Fsp3) is 0.400. The lowest BCUT2D eigenvalue weighted by molar-refractivity contribution is 0.156. The van der Waals surface area contributed by atoms with Crippen LogP contribution in [-0.2, 0) is 0 Å². The smallest absolute Gasteiger partial charge is 0.209 e. The number of aromatic nitrogens is 3.